The van der Waals surface area contributed by atoms with Crippen LogP contribution in [0.2, 0.25) is 0 Å². The molecule has 1 saturated carbocycles. The maximum absolute atomic E-state index is 5.63. The quantitative estimate of drug-likeness (QED) is 0.294. The standard InChI is InChI=1S/C17H27N3O.HI/c1-3-21-16-9-5-4-8-15(16)13-20-17(18-2)19-12-6-7-14-10-11-14;/h4-5,8-9,14H,3,6-7,10-13H2,1-2H3,(H2,18,19,20);1H. The van der Waals surface area contributed by atoms with E-state index < -0.39 is 0 Å². The van der Waals surface area contributed by atoms with Crippen LogP contribution in [-0.4, -0.2) is 26.2 Å². The van der Waals surface area contributed by atoms with Gasteiger partial charge in [0.05, 0.1) is 6.61 Å². The van der Waals surface area contributed by atoms with Crippen molar-refractivity contribution in [3.63, 3.8) is 0 Å². The molecule has 0 aromatic heterocycles. The van der Waals surface area contributed by atoms with Gasteiger partial charge in [-0.1, -0.05) is 31.0 Å². The van der Waals surface area contributed by atoms with Crippen LogP contribution in [0.15, 0.2) is 29.3 Å². The molecule has 4 nitrogen and oxygen atoms in total. The van der Waals surface area contributed by atoms with Crippen molar-refractivity contribution in [1.82, 2.24) is 10.6 Å². The monoisotopic (exact) mass is 417 g/mol. The van der Waals surface area contributed by atoms with Crippen molar-refractivity contribution >= 4 is 29.9 Å². The van der Waals surface area contributed by atoms with Crippen LogP contribution in [0.3, 0.4) is 0 Å². The number of nitrogens with one attached hydrogen (secondary N) is 2. The molecule has 2 rings (SSSR count). The van der Waals surface area contributed by atoms with Gasteiger partial charge in [0.25, 0.3) is 0 Å². The molecular formula is C17H28IN3O. The smallest absolute Gasteiger partial charge is 0.191 e. The second-order valence-corrected chi connectivity index (χ2v) is 5.48. The van der Waals surface area contributed by atoms with E-state index in [9.17, 15) is 0 Å². The number of rotatable bonds is 8. The molecule has 0 radical (unpaired) electrons. The van der Waals surface area contributed by atoms with Crippen LogP contribution in [0, 0.1) is 5.92 Å². The van der Waals surface area contributed by atoms with E-state index in [1.54, 1.807) is 0 Å². The van der Waals surface area contributed by atoms with Crippen molar-refractivity contribution in [1.29, 1.82) is 0 Å². The molecule has 0 aliphatic heterocycles. The number of nitrogens with zero attached hydrogens (tertiary/aromatic N) is 1. The van der Waals surface area contributed by atoms with E-state index in [0.717, 1.165) is 36.3 Å². The highest BCUT2D eigenvalue weighted by Gasteiger charge is 2.19. The van der Waals surface area contributed by atoms with E-state index in [0.29, 0.717) is 6.61 Å². The van der Waals surface area contributed by atoms with Crippen LogP contribution in [0.4, 0.5) is 0 Å². The van der Waals surface area contributed by atoms with Crippen molar-refractivity contribution in [3.8, 4) is 5.75 Å². The molecule has 124 valence electrons. The Morgan fingerprint density at radius 2 is 2.05 bits per heavy atom. The number of halogens is 1. The maximum atomic E-state index is 5.63. The SMILES string of the molecule is CCOc1ccccc1CNC(=NC)NCCCC1CC1.I. The molecule has 1 aliphatic carbocycles. The first-order valence-electron chi connectivity index (χ1n) is 7.98. The fourth-order valence-corrected chi connectivity index (χ4v) is 2.35. The van der Waals surface area contributed by atoms with Gasteiger partial charge in [-0.2, -0.15) is 0 Å². The Labute approximate surface area is 151 Å². The third-order valence-electron chi connectivity index (χ3n) is 3.72. The van der Waals surface area contributed by atoms with Crippen molar-refractivity contribution in [3.05, 3.63) is 29.8 Å². The molecule has 0 saturated heterocycles. The Bertz CT molecular complexity index is 461. The molecule has 0 spiro atoms. The molecule has 5 heteroatoms. The fourth-order valence-electron chi connectivity index (χ4n) is 2.35. The minimum absolute atomic E-state index is 0. The van der Waals surface area contributed by atoms with Gasteiger partial charge in [0.1, 0.15) is 5.75 Å². The van der Waals surface area contributed by atoms with Crippen LogP contribution in [0.5, 0.6) is 5.75 Å². The lowest BCUT2D eigenvalue weighted by Crippen LogP contribution is -2.37. The lowest BCUT2D eigenvalue weighted by Gasteiger charge is -2.14. The number of para-hydroxylation sites is 1. The first kappa shape index (κ1) is 19.1. The highest BCUT2D eigenvalue weighted by Crippen LogP contribution is 2.33. The molecule has 1 aromatic carbocycles. The Morgan fingerprint density at radius 1 is 1.27 bits per heavy atom. The van der Waals surface area contributed by atoms with Crippen molar-refractivity contribution in [2.24, 2.45) is 10.9 Å². The van der Waals surface area contributed by atoms with Gasteiger partial charge >= 0.3 is 0 Å². The first-order valence-corrected chi connectivity index (χ1v) is 7.98. The predicted octanol–water partition coefficient (Wildman–Crippen LogP) is 3.56. The minimum Gasteiger partial charge on any atom is -0.494 e. The summed E-state index contributed by atoms with van der Waals surface area (Å²) in [6.45, 7) is 4.40. The van der Waals surface area contributed by atoms with Crippen LogP contribution >= 0.6 is 24.0 Å². The van der Waals surface area contributed by atoms with Gasteiger partial charge in [0.2, 0.25) is 0 Å². The van der Waals surface area contributed by atoms with Crippen molar-refractivity contribution in [2.45, 2.75) is 39.2 Å². The van der Waals surface area contributed by atoms with E-state index in [1.165, 1.54) is 25.7 Å². The van der Waals surface area contributed by atoms with Crippen LogP contribution in [-0.2, 0) is 6.54 Å². The lowest BCUT2D eigenvalue weighted by atomic mass is 10.2. The molecular weight excluding hydrogens is 389 g/mol. The minimum atomic E-state index is 0. The normalized spacial score (nSPS) is 14.2. The summed E-state index contributed by atoms with van der Waals surface area (Å²) < 4.78 is 5.63. The number of hydrogen-bond acceptors (Lipinski definition) is 2. The van der Waals surface area contributed by atoms with E-state index in [1.807, 2.05) is 32.2 Å². The maximum Gasteiger partial charge on any atom is 0.191 e. The summed E-state index contributed by atoms with van der Waals surface area (Å²) in [6.07, 6.45) is 5.43. The van der Waals surface area contributed by atoms with E-state index >= 15 is 0 Å². The molecule has 1 aromatic rings. The van der Waals surface area contributed by atoms with E-state index in [4.69, 9.17) is 4.74 Å². The molecule has 22 heavy (non-hydrogen) atoms. The van der Waals surface area contributed by atoms with Gasteiger partial charge in [-0.25, -0.2) is 0 Å². The molecule has 1 aliphatic rings. The van der Waals surface area contributed by atoms with Crippen LogP contribution in [0.1, 0.15) is 38.2 Å². The molecule has 0 amide bonds. The molecule has 0 atom stereocenters. The van der Waals surface area contributed by atoms with Gasteiger partial charge in [0.15, 0.2) is 5.96 Å². The van der Waals surface area contributed by atoms with E-state index in [-0.39, 0.29) is 24.0 Å². The van der Waals surface area contributed by atoms with Gasteiger partial charge < -0.3 is 15.4 Å². The predicted molar refractivity (Wildman–Crippen MR) is 103 cm³/mol. The third-order valence-corrected chi connectivity index (χ3v) is 3.72. The zero-order valence-electron chi connectivity index (χ0n) is 13.6. The van der Waals surface area contributed by atoms with Gasteiger partial charge in [-0.3, -0.25) is 4.99 Å². The average molecular weight is 417 g/mol. The number of benzene rings is 1. The summed E-state index contributed by atoms with van der Waals surface area (Å²) in [7, 11) is 1.81. The van der Waals surface area contributed by atoms with Crippen molar-refractivity contribution < 1.29 is 4.74 Å². The highest BCUT2D eigenvalue weighted by atomic mass is 127. The second kappa shape index (κ2) is 10.7. The Kier molecular flexibility index (Phi) is 9.27. The summed E-state index contributed by atoms with van der Waals surface area (Å²) in [5.74, 6) is 2.80. The summed E-state index contributed by atoms with van der Waals surface area (Å²) >= 11 is 0. The number of aliphatic imine (C=N–C) groups is 1. The van der Waals surface area contributed by atoms with E-state index in [2.05, 4.69) is 21.7 Å². The zero-order valence-corrected chi connectivity index (χ0v) is 15.9. The summed E-state index contributed by atoms with van der Waals surface area (Å²) in [4.78, 5) is 4.26. The Balaban J connectivity index is 0.00000242. The van der Waals surface area contributed by atoms with Gasteiger partial charge in [-0.05, 0) is 31.7 Å². The number of guanidine groups is 1. The number of hydrogen-bond donors (Lipinski definition) is 2. The first-order chi connectivity index (χ1) is 10.3. The summed E-state index contributed by atoms with van der Waals surface area (Å²) in [5, 5.41) is 6.72. The van der Waals surface area contributed by atoms with Crippen molar-refractivity contribution in [2.75, 3.05) is 20.2 Å². The lowest BCUT2D eigenvalue weighted by molar-refractivity contribution is 0.336. The largest absolute Gasteiger partial charge is 0.494 e. The van der Waals surface area contributed by atoms with Gasteiger partial charge in [-0.15, -0.1) is 24.0 Å². The fraction of sp³-hybridized carbons (Fsp3) is 0.588. The molecule has 1 fully saturated rings. The topological polar surface area (TPSA) is 45.6 Å². The average Bonchev–Trinajstić information content (AvgIpc) is 3.32. The summed E-state index contributed by atoms with van der Waals surface area (Å²) in [5.41, 5.74) is 1.15. The molecule has 0 unspecified atom stereocenters. The Hall–Kier alpha value is -0.980. The highest BCUT2D eigenvalue weighted by molar-refractivity contribution is 14.0. The molecule has 2 N–H and O–H groups in total. The van der Waals surface area contributed by atoms with Gasteiger partial charge in [0, 0.05) is 25.7 Å². The summed E-state index contributed by atoms with van der Waals surface area (Å²) in [6, 6.07) is 8.12. The zero-order chi connectivity index (χ0) is 14.9. The Morgan fingerprint density at radius 3 is 2.73 bits per heavy atom. The number of ether oxygens (including phenoxy) is 1. The van der Waals surface area contributed by atoms with Crippen LogP contribution in [0.25, 0.3) is 0 Å². The van der Waals surface area contributed by atoms with Crippen LogP contribution < -0.4 is 15.4 Å². The molecule has 0 bridgehead atoms. The second-order valence-electron chi connectivity index (χ2n) is 5.48. The third kappa shape index (κ3) is 6.85. The molecule has 0 heterocycles.